The van der Waals surface area contributed by atoms with Gasteiger partial charge in [-0.2, -0.15) is 0 Å². The Morgan fingerprint density at radius 2 is 2.05 bits per heavy atom. The largest absolute Gasteiger partial charge is 0.389 e. The van der Waals surface area contributed by atoms with Gasteiger partial charge in [-0.15, -0.1) is 0 Å². The first-order valence-electron chi connectivity index (χ1n) is 6.90. The van der Waals surface area contributed by atoms with Crippen LogP contribution in [0.3, 0.4) is 0 Å². The smallest absolute Gasteiger partial charge is 0.146 e. The van der Waals surface area contributed by atoms with E-state index in [4.69, 9.17) is 4.74 Å². The summed E-state index contributed by atoms with van der Waals surface area (Å²) in [5.74, 6) is -0.387. The summed E-state index contributed by atoms with van der Waals surface area (Å²) in [6, 6.07) is 4.68. The van der Waals surface area contributed by atoms with Gasteiger partial charge in [-0.25, -0.2) is 4.39 Å². The molecule has 4 nitrogen and oxygen atoms in total. The molecule has 1 fully saturated rings. The van der Waals surface area contributed by atoms with Gasteiger partial charge in [0, 0.05) is 39.6 Å². The topological polar surface area (TPSA) is 52.9 Å². The van der Waals surface area contributed by atoms with Crippen LogP contribution in [-0.4, -0.2) is 42.6 Å². The van der Waals surface area contributed by atoms with E-state index in [-0.39, 0.29) is 5.82 Å². The maximum Gasteiger partial charge on any atom is 0.146 e. The number of rotatable bonds is 4. The Labute approximate surface area is 118 Å². The highest BCUT2D eigenvalue weighted by Gasteiger charge is 2.31. The number of aliphatic hydroxyl groups excluding tert-OH is 1. The summed E-state index contributed by atoms with van der Waals surface area (Å²) in [6.45, 7) is 3.03. The summed E-state index contributed by atoms with van der Waals surface area (Å²) in [5.41, 5.74) is 0.140. The molecular weight excluding hydrogens is 261 g/mol. The Morgan fingerprint density at radius 3 is 2.60 bits per heavy atom. The van der Waals surface area contributed by atoms with E-state index >= 15 is 0 Å². The van der Waals surface area contributed by atoms with Crippen molar-refractivity contribution in [2.75, 3.05) is 31.7 Å². The van der Waals surface area contributed by atoms with E-state index in [9.17, 15) is 14.6 Å². The number of hydrogen-bond acceptors (Lipinski definition) is 4. The third-order valence-electron chi connectivity index (χ3n) is 3.82. The van der Waals surface area contributed by atoms with Gasteiger partial charge >= 0.3 is 0 Å². The van der Waals surface area contributed by atoms with Gasteiger partial charge in [0.1, 0.15) is 5.82 Å². The molecule has 0 aliphatic carbocycles. The van der Waals surface area contributed by atoms with Gasteiger partial charge in [-0.1, -0.05) is 6.07 Å². The van der Waals surface area contributed by atoms with E-state index in [1.165, 1.54) is 6.07 Å². The Hall–Kier alpha value is -1.17. The maximum absolute atomic E-state index is 14.1. The van der Waals surface area contributed by atoms with Crippen LogP contribution in [0.4, 0.5) is 10.1 Å². The zero-order chi connectivity index (χ0) is 14.8. The van der Waals surface area contributed by atoms with Crippen LogP contribution in [-0.2, 0) is 4.74 Å². The predicted octanol–water partition coefficient (Wildman–Crippen LogP) is 1.86. The fraction of sp³-hybridized carbons (Fsp3) is 0.600. The molecule has 1 heterocycles. The summed E-state index contributed by atoms with van der Waals surface area (Å²) < 4.78 is 19.3. The second-order valence-electron chi connectivity index (χ2n) is 5.58. The standard InChI is InChI=1S/C15H22FNO3/c1-11(18)12-3-4-14(13(16)9-12)17(2)10-15(19)5-7-20-8-6-15/h3-4,9,11,18-19H,5-8,10H2,1-2H3/t11-/m0/s1. The van der Waals surface area contributed by atoms with Crippen molar-refractivity contribution in [3.05, 3.63) is 29.6 Å². The minimum Gasteiger partial charge on any atom is -0.389 e. The van der Waals surface area contributed by atoms with Crippen LogP contribution in [0.2, 0.25) is 0 Å². The number of anilines is 1. The molecule has 0 spiro atoms. The lowest BCUT2D eigenvalue weighted by Gasteiger charge is -2.36. The van der Waals surface area contributed by atoms with Gasteiger partial charge < -0.3 is 19.8 Å². The van der Waals surface area contributed by atoms with Crippen molar-refractivity contribution in [2.24, 2.45) is 0 Å². The molecule has 0 amide bonds. The molecule has 2 rings (SSSR count). The van der Waals surface area contributed by atoms with Crippen molar-refractivity contribution < 1.29 is 19.3 Å². The third-order valence-corrected chi connectivity index (χ3v) is 3.82. The average Bonchev–Trinajstić information content (AvgIpc) is 2.38. The lowest BCUT2D eigenvalue weighted by atomic mass is 9.93. The van der Waals surface area contributed by atoms with Gasteiger partial charge in [-0.3, -0.25) is 0 Å². The monoisotopic (exact) mass is 283 g/mol. The normalized spacial score (nSPS) is 19.6. The first-order chi connectivity index (χ1) is 9.41. The summed E-state index contributed by atoms with van der Waals surface area (Å²) in [4.78, 5) is 1.71. The zero-order valence-corrected chi connectivity index (χ0v) is 12.0. The number of nitrogens with zero attached hydrogens (tertiary/aromatic N) is 1. The molecule has 1 aromatic carbocycles. The van der Waals surface area contributed by atoms with E-state index < -0.39 is 11.7 Å². The number of aliphatic hydroxyl groups is 2. The van der Waals surface area contributed by atoms with Gasteiger partial charge in [0.15, 0.2) is 0 Å². The lowest BCUT2D eigenvalue weighted by molar-refractivity contribution is -0.0573. The SMILES string of the molecule is C[C@H](O)c1ccc(N(C)CC2(O)CCOCC2)c(F)c1. The highest BCUT2D eigenvalue weighted by Crippen LogP contribution is 2.27. The van der Waals surface area contributed by atoms with Crippen LogP contribution in [0.25, 0.3) is 0 Å². The lowest BCUT2D eigenvalue weighted by Crippen LogP contribution is -2.46. The van der Waals surface area contributed by atoms with E-state index in [0.717, 1.165) is 0 Å². The van der Waals surface area contributed by atoms with Gasteiger partial charge in [0.05, 0.1) is 17.4 Å². The van der Waals surface area contributed by atoms with Crippen LogP contribution < -0.4 is 4.90 Å². The van der Waals surface area contributed by atoms with E-state index in [1.807, 2.05) is 0 Å². The van der Waals surface area contributed by atoms with Gasteiger partial charge in [0.25, 0.3) is 0 Å². The average molecular weight is 283 g/mol. The van der Waals surface area contributed by atoms with Crippen LogP contribution >= 0.6 is 0 Å². The first-order valence-corrected chi connectivity index (χ1v) is 6.90. The summed E-state index contributed by atoms with van der Waals surface area (Å²) in [6.07, 6.45) is 0.429. The number of hydrogen-bond donors (Lipinski definition) is 2. The van der Waals surface area contributed by atoms with Crippen molar-refractivity contribution in [3.63, 3.8) is 0 Å². The summed E-state index contributed by atoms with van der Waals surface area (Å²) in [7, 11) is 1.76. The molecule has 20 heavy (non-hydrogen) atoms. The molecule has 1 aliphatic rings. The molecule has 112 valence electrons. The minimum absolute atomic E-state index is 0.362. The Bertz CT molecular complexity index is 458. The number of likely N-dealkylation sites (N-methyl/N-ethyl adjacent to an activating group) is 1. The number of ether oxygens (including phenoxy) is 1. The van der Waals surface area contributed by atoms with E-state index in [1.54, 1.807) is 31.0 Å². The summed E-state index contributed by atoms with van der Waals surface area (Å²) >= 11 is 0. The molecule has 0 aromatic heterocycles. The molecule has 1 aliphatic heterocycles. The number of halogens is 1. The van der Waals surface area contributed by atoms with Crippen molar-refractivity contribution >= 4 is 5.69 Å². The zero-order valence-electron chi connectivity index (χ0n) is 12.0. The predicted molar refractivity (Wildman–Crippen MR) is 75.3 cm³/mol. The highest BCUT2D eigenvalue weighted by atomic mass is 19.1. The molecule has 0 bridgehead atoms. The second kappa shape index (κ2) is 6.08. The quantitative estimate of drug-likeness (QED) is 0.885. The van der Waals surface area contributed by atoms with E-state index in [0.29, 0.717) is 43.9 Å². The molecule has 0 radical (unpaired) electrons. The molecule has 0 saturated carbocycles. The Kier molecular flexibility index (Phi) is 4.62. The van der Waals surface area contributed by atoms with Crippen LogP contribution in [0.1, 0.15) is 31.4 Å². The highest BCUT2D eigenvalue weighted by molar-refractivity contribution is 5.49. The van der Waals surface area contributed by atoms with E-state index in [2.05, 4.69) is 0 Å². The molecule has 2 N–H and O–H groups in total. The van der Waals surface area contributed by atoms with Crippen LogP contribution in [0.15, 0.2) is 18.2 Å². The fourth-order valence-electron chi connectivity index (χ4n) is 2.53. The second-order valence-corrected chi connectivity index (χ2v) is 5.58. The molecule has 0 unspecified atom stereocenters. The van der Waals surface area contributed by atoms with Crippen LogP contribution in [0.5, 0.6) is 0 Å². The Morgan fingerprint density at radius 1 is 1.40 bits per heavy atom. The molecule has 1 aromatic rings. The summed E-state index contributed by atoms with van der Waals surface area (Å²) in [5, 5.41) is 19.9. The fourth-order valence-corrected chi connectivity index (χ4v) is 2.53. The molecule has 1 saturated heterocycles. The molecule has 5 heteroatoms. The molecule has 1 atom stereocenters. The van der Waals surface area contributed by atoms with Gasteiger partial charge in [-0.05, 0) is 24.6 Å². The Balaban J connectivity index is 2.10. The van der Waals surface area contributed by atoms with Gasteiger partial charge in [0.2, 0.25) is 0 Å². The number of benzene rings is 1. The van der Waals surface area contributed by atoms with Crippen molar-refractivity contribution in [2.45, 2.75) is 31.5 Å². The van der Waals surface area contributed by atoms with Crippen molar-refractivity contribution in [1.29, 1.82) is 0 Å². The minimum atomic E-state index is -0.831. The maximum atomic E-state index is 14.1. The molecular formula is C15H22FNO3. The first kappa shape index (κ1) is 15.2. The van der Waals surface area contributed by atoms with Crippen molar-refractivity contribution in [1.82, 2.24) is 0 Å². The van der Waals surface area contributed by atoms with Crippen molar-refractivity contribution in [3.8, 4) is 0 Å². The third kappa shape index (κ3) is 3.48. The van der Waals surface area contributed by atoms with Crippen LogP contribution in [0, 0.1) is 5.82 Å².